The molecule has 0 atom stereocenters. The zero-order valence-electron chi connectivity index (χ0n) is 21.6. The van der Waals surface area contributed by atoms with Gasteiger partial charge in [0.15, 0.2) is 0 Å². The van der Waals surface area contributed by atoms with Crippen molar-refractivity contribution in [2.24, 2.45) is 17.1 Å². The van der Waals surface area contributed by atoms with Crippen molar-refractivity contribution < 1.29 is 9.53 Å². The van der Waals surface area contributed by atoms with Gasteiger partial charge in [0.25, 0.3) is 0 Å². The monoisotopic (exact) mass is 459 g/mol. The molecule has 0 fully saturated rings. The van der Waals surface area contributed by atoms with E-state index in [1.54, 1.807) is 0 Å². The average Bonchev–Trinajstić information content (AvgIpc) is 2.73. The van der Waals surface area contributed by atoms with Crippen LogP contribution in [-0.2, 0) is 11.2 Å². The minimum Gasteiger partial charge on any atom is -0.494 e. The fourth-order valence-electron chi connectivity index (χ4n) is 4.15. The second kappa shape index (κ2) is 11.0. The van der Waals surface area contributed by atoms with E-state index in [4.69, 9.17) is 15.5 Å². The van der Waals surface area contributed by atoms with E-state index in [0.29, 0.717) is 18.9 Å². The SMILES string of the molecule is Cc1ccc(-c2c([CH]C(C)(C)C)c(CC(C)C)nc3ccc(OCCCCC(N)=O)cc23)cc1. The van der Waals surface area contributed by atoms with Gasteiger partial charge >= 0.3 is 0 Å². The molecule has 1 amide bonds. The van der Waals surface area contributed by atoms with E-state index in [9.17, 15) is 4.79 Å². The van der Waals surface area contributed by atoms with E-state index in [-0.39, 0.29) is 11.3 Å². The van der Waals surface area contributed by atoms with E-state index in [0.717, 1.165) is 41.6 Å². The van der Waals surface area contributed by atoms with Gasteiger partial charge in [-0.3, -0.25) is 9.78 Å². The predicted molar refractivity (Wildman–Crippen MR) is 142 cm³/mol. The molecule has 4 nitrogen and oxygen atoms in total. The van der Waals surface area contributed by atoms with Crippen LogP contribution in [0, 0.1) is 24.7 Å². The van der Waals surface area contributed by atoms with Gasteiger partial charge in [-0.05, 0) is 78.8 Å². The summed E-state index contributed by atoms with van der Waals surface area (Å²) in [5.41, 5.74) is 12.2. The van der Waals surface area contributed by atoms with Crippen LogP contribution in [0.3, 0.4) is 0 Å². The second-order valence-electron chi connectivity index (χ2n) is 10.8. The molecule has 181 valence electrons. The van der Waals surface area contributed by atoms with Gasteiger partial charge in [-0.2, -0.15) is 0 Å². The van der Waals surface area contributed by atoms with Crippen molar-refractivity contribution in [2.75, 3.05) is 6.61 Å². The molecule has 0 saturated carbocycles. The molecule has 1 aromatic heterocycles. The Morgan fingerprint density at radius 3 is 2.41 bits per heavy atom. The van der Waals surface area contributed by atoms with E-state index < -0.39 is 0 Å². The fourth-order valence-corrected chi connectivity index (χ4v) is 4.15. The third-order valence-corrected chi connectivity index (χ3v) is 5.68. The van der Waals surface area contributed by atoms with E-state index in [1.807, 2.05) is 6.07 Å². The lowest BCUT2D eigenvalue weighted by Gasteiger charge is -2.25. The molecule has 0 saturated heterocycles. The number of rotatable bonds is 10. The smallest absolute Gasteiger partial charge is 0.217 e. The maximum atomic E-state index is 11.0. The number of aryl methyl sites for hydroxylation is 1. The van der Waals surface area contributed by atoms with Crippen molar-refractivity contribution in [3.63, 3.8) is 0 Å². The Hall–Kier alpha value is -2.88. The molecule has 0 unspecified atom stereocenters. The van der Waals surface area contributed by atoms with Crippen LogP contribution in [0.4, 0.5) is 0 Å². The summed E-state index contributed by atoms with van der Waals surface area (Å²) in [6.07, 6.45) is 5.22. The zero-order chi connectivity index (χ0) is 24.9. The average molecular weight is 460 g/mol. The molecule has 0 aliphatic carbocycles. The molecule has 0 spiro atoms. The van der Waals surface area contributed by atoms with Crippen LogP contribution in [-0.4, -0.2) is 17.5 Å². The molecule has 1 radical (unpaired) electrons. The highest BCUT2D eigenvalue weighted by molar-refractivity contribution is 5.98. The quantitative estimate of drug-likeness (QED) is 0.331. The number of nitrogens with two attached hydrogens (primary N) is 1. The van der Waals surface area contributed by atoms with Crippen LogP contribution in [0.15, 0.2) is 42.5 Å². The van der Waals surface area contributed by atoms with Gasteiger partial charge in [-0.25, -0.2) is 0 Å². The summed E-state index contributed by atoms with van der Waals surface area (Å²) < 4.78 is 6.05. The third kappa shape index (κ3) is 7.06. The van der Waals surface area contributed by atoms with Gasteiger partial charge in [0, 0.05) is 17.5 Å². The van der Waals surface area contributed by atoms with E-state index >= 15 is 0 Å². The van der Waals surface area contributed by atoms with Crippen LogP contribution in [0.5, 0.6) is 5.75 Å². The standard InChI is InChI=1S/C30H39N2O2/c1-20(2)17-27-25(19-30(4,5)6)29(22-12-10-21(3)11-13-22)24-18-23(14-15-26(24)32-27)34-16-8-7-9-28(31)33/h10-15,18-20H,7-9,16-17H2,1-6H3,(H2,31,33). The molecule has 0 aliphatic rings. The second-order valence-corrected chi connectivity index (χ2v) is 10.8. The van der Waals surface area contributed by atoms with E-state index in [2.05, 4.69) is 84.4 Å². The first kappa shape index (κ1) is 25.7. The summed E-state index contributed by atoms with van der Waals surface area (Å²) in [6, 6.07) is 14.9. The minimum absolute atomic E-state index is 0.00900. The van der Waals surface area contributed by atoms with E-state index in [1.165, 1.54) is 22.3 Å². The largest absolute Gasteiger partial charge is 0.494 e. The minimum atomic E-state index is -0.264. The van der Waals surface area contributed by atoms with Crippen LogP contribution >= 0.6 is 0 Å². The zero-order valence-corrected chi connectivity index (χ0v) is 21.6. The number of amides is 1. The Balaban J connectivity index is 2.12. The molecular weight excluding hydrogens is 420 g/mol. The summed E-state index contributed by atoms with van der Waals surface area (Å²) in [5.74, 6) is 1.06. The summed E-state index contributed by atoms with van der Waals surface area (Å²) in [4.78, 5) is 16.1. The number of ether oxygens (including phenoxy) is 1. The number of nitrogens with zero attached hydrogens (tertiary/aromatic N) is 1. The van der Waals surface area contributed by atoms with Gasteiger partial charge < -0.3 is 10.5 Å². The highest BCUT2D eigenvalue weighted by Crippen LogP contribution is 2.39. The van der Waals surface area contributed by atoms with Gasteiger partial charge in [0.1, 0.15) is 5.75 Å². The van der Waals surface area contributed by atoms with Crippen LogP contribution in [0.25, 0.3) is 22.0 Å². The Bertz CT molecular complexity index is 1130. The molecule has 1 heterocycles. The van der Waals surface area contributed by atoms with Crippen molar-refractivity contribution in [1.29, 1.82) is 0 Å². The normalized spacial score (nSPS) is 11.9. The van der Waals surface area contributed by atoms with Gasteiger partial charge in [-0.1, -0.05) is 64.4 Å². The lowest BCUT2D eigenvalue weighted by atomic mass is 9.81. The number of primary amides is 1. The van der Waals surface area contributed by atoms with Gasteiger partial charge in [-0.15, -0.1) is 0 Å². The first-order valence-electron chi connectivity index (χ1n) is 12.3. The highest BCUT2D eigenvalue weighted by atomic mass is 16.5. The number of hydrogen-bond acceptors (Lipinski definition) is 3. The molecular formula is C30H39N2O2. The third-order valence-electron chi connectivity index (χ3n) is 5.68. The topological polar surface area (TPSA) is 65.2 Å². The van der Waals surface area contributed by atoms with Crippen molar-refractivity contribution in [2.45, 2.75) is 67.2 Å². The number of pyridine rings is 1. The number of fused-ring (bicyclic) bond motifs is 1. The number of benzene rings is 2. The summed E-state index contributed by atoms with van der Waals surface area (Å²) >= 11 is 0. The summed E-state index contributed by atoms with van der Waals surface area (Å²) in [7, 11) is 0. The molecule has 3 aromatic rings. The molecule has 34 heavy (non-hydrogen) atoms. The summed E-state index contributed by atoms with van der Waals surface area (Å²) in [5, 5.41) is 1.10. The number of unbranched alkanes of at least 4 members (excludes halogenated alkanes) is 1. The maximum Gasteiger partial charge on any atom is 0.217 e. The number of carbonyl (C=O) groups excluding carboxylic acids is 1. The molecule has 0 aliphatic heterocycles. The van der Waals surface area contributed by atoms with Crippen LogP contribution in [0.1, 0.15) is 70.7 Å². The lowest BCUT2D eigenvalue weighted by molar-refractivity contribution is -0.118. The van der Waals surface area contributed by atoms with Crippen LogP contribution < -0.4 is 10.5 Å². The highest BCUT2D eigenvalue weighted by Gasteiger charge is 2.23. The first-order chi connectivity index (χ1) is 16.0. The number of carbonyl (C=O) groups is 1. The lowest BCUT2D eigenvalue weighted by Crippen LogP contribution is -2.13. The van der Waals surface area contributed by atoms with Crippen molar-refractivity contribution >= 4 is 16.8 Å². The van der Waals surface area contributed by atoms with Gasteiger partial charge in [0.2, 0.25) is 5.91 Å². The van der Waals surface area contributed by atoms with Crippen molar-refractivity contribution in [1.82, 2.24) is 4.98 Å². The Morgan fingerprint density at radius 1 is 1.09 bits per heavy atom. The summed E-state index contributed by atoms with van der Waals surface area (Å²) in [6.45, 7) is 13.9. The fraction of sp³-hybridized carbons (Fsp3) is 0.433. The molecule has 2 N–H and O–H groups in total. The Morgan fingerprint density at radius 2 is 1.79 bits per heavy atom. The predicted octanol–water partition coefficient (Wildman–Crippen LogP) is 7.04. The molecule has 0 bridgehead atoms. The maximum absolute atomic E-state index is 11.0. The Kier molecular flexibility index (Phi) is 8.35. The molecule has 2 aromatic carbocycles. The van der Waals surface area contributed by atoms with Crippen LogP contribution in [0.2, 0.25) is 0 Å². The number of aromatic nitrogens is 1. The first-order valence-corrected chi connectivity index (χ1v) is 12.3. The number of hydrogen-bond donors (Lipinski definition) is 1. The van der Waals surface area contributed by atoms with Crippen molar-refractivity contribution in [3.05, 3.63) is 65.7 Å². The molecule has 4 heteroatoms. The molecule has 3 rings (SSSR count). The Labute approximate surface area is 204 Å². The van der Waals surface area contributed by atoms with Crippen molar-refractivity contribution in [3.8, 4) is 16.9 Å². The van der Waals surface area contributed by atoms with Gasteiger partial charge in [0.05, 0.1) is 12.1 Å².